The smallest absolute Gasteiger partial charge is 0.156 e. The number of nitrogens with zero attached hydrogens (tertiary/aromatic N) is 1. The first-order chi connectivity index (χ1) is 12.3. The van der Waals surface area contributed by atoms with Crippen LogP contribution in [-0.4, -0.2) is 15.8 Å². The van der Waals surface area contributed by atoms with Crippen molar-refractivity contribution in [3.63, 3.8) is 0 Å². The maximum Gasteiger partial charge on any atom is 0.156 e. The number of benzene rings is 3. The van der Waals surface area contributed by atoms with E-state index < -0.39 is 0 Å². The Kier molecular flexibility index (Phi) is 4.70. The third kappa shape index (κ3) is 3.27. The topological polar surface area (TPSA) is 22.1 Å². The van der Waals surface area contributed by atoms with E-state index in [2.05, 4.69) is 29.2 Å². The summed E-state index contributed by atoms with van der Waals surface area (Å²) in [5.41, 5.74) is 2.08. The van der Waals surface area contributed by atoms with Crippen LogP contribution in [0.25, 0.3) is 21.0 Å². The molecule has 0 spiro atoms. The second-order valence-electron chi connectivity index (χ2n) is 5.43. The number of aromatic nitrogens is 1. The van der Waals surface area contributed by atoms with E-state index in [0.29, 0.717) is 6.61 Å². The fourth-order valence-electron chi connectivity index (χ4n) is 2.76. The minimum Gasteiger partial charge on any atom is -0.493 e. The highest BCUT2D eigenvalue weighted by Gasteiger charge is 2.13. The van der Waals surface area contributed by atoms with E-state index in [-0.39, 0.29) is 0 Å². The van der Waals surface area contributed by atoms with E-state index in [9.17, 15) is 0 Å². The minimum atomic E-state index is 0.647. The molecule has 0 amide bonds. The van der Waals surface area contributed by atoms with Crippen molar-refractivity contribution in [3.05, 3.63) is 66.2 Å². The highest BCUT2D eigenvalue weighted by Crippen LogP contribution is 2.35. The first kappa shape index (κ1) is 16.5. The van der Waals surface area contributed by atoms with E-state index in [1.165, 1.54) is 4.70 Å². The Balaban J connectivity index is 1.71. The molecule has 1 heterocycles. The molecule has 0 saturated carbocycles. The van der Waals surface area contributed by atoms with Crippen molar-refractivity contribution in [3.8, 4) is 5.75 Å². The molecule has 5 heteroatoms. The van der Waals surface area contributed by atoms with E-state index >= 15 is 0 Å². The zero-order chi connectivity index (χ0) is 17.2. The Morgan fingerprint density at radius 3 is 2.60 bits per heavy atom. The van der Waals surface area contributed by atoms with Gasteiger partial charge in [0.25, 0.3) is 0 Å². The summed E-state index contributed by atoms with van der Waals surface area (Å²) in [6.07, 6.45) is 0. The van der Waals surface area contributed by atoms with Gasteiger partial charge in [0.1, 0.15) is 5.75 Å². The van der Waals surface area contributed by atoms with Gasteiger partial charge in [0.2, 0.25) is 0 Å². The number of para-hydroxylation sites is 1. The van der Waals surface area contributed by atoms with Gasteiger partial charge in [0.05, 0.1) is 21.0 Å². The molecule has 25 heavy (non-hydrogen) atoms. The standard InChI is InChI=1S/C20H15NOS3/c1-2-22-17-12-11-15(13-7-3-4-8-14(13)17)19(23)25-20-21-16-9-5-6-10-18(16)24-20/h3-12H,2H2,1H3. The molecule has 0 radical (unpaired) electrons. The van der Waals surface area contributed by atoms with E-state index in [1.807, 2.05) is 43.3 Å². The number of thiazole rings is 1. The Hall–Kier alpha value is -1.95. The molecule has 0 aliphatic rings. The molecule has 0 saturated heterocycles. The van der Waals surface area contributed by atoms with Crippen LogP contribution in [0.15, 0.2) is 65.0 Å². The maximum absolute atomic E-state index is 5.75. The van der Waals surface area contributed by atoms with Crippen LogP contribution in [-0.2, 0) is 0 Å². The average molecular weight is 382 g/mol. The number of thiocarbonyl (C=S) groups is 1. The maximum atomic E-state index is 5.75. The Labute approximate surface area is 159 Å². The van der Waals surface area contributed by atoms with Crippen molar-refractivity contribution >= 4 is 60.5 Å². The van der Waals surface area contributed by atoms with Crippen LogP contribution in [0, 0.1) is 0 Å². The number of ether oxygens (including phenoxy) is 1. The van der Waals surface area contributed by atoms with Crippen molar-refractivity contribution < 1.29 is 4.74 Å². The number of hydrogen-bond acceptors (Lipinski definition) is 5. The molecule has 0 unspecified atom stereocenters. The molecule has 3 aromatic carbocycles. The molecule has 0 N–H and O–H groups in total. The Morgan fingerprint density at radius 2 is 1.80 bits per heavy atom. The van der Waals surface area contributed by atoms with E-state index in [1.54, 1.807) is 23.1 Å². The molecule has 2 nitrogen and oxygen atoms in total. The van der Waals surface area contributed by atoms with Crippen molar-refractivity contribution in [2.24, 2.45) is 0 Å². The van der Waals surface area contributed by atoms with Crippen molar-refractivity contribution in [2.45, 2.75) is 11.3 Å². The number of fused-ring (bicyclic) bond motifs is 2. The fraction of sp³-hybridized carbons (Fsp3) is 0.100. The lowest BCUT2D eigenvalue weighted by atomic mass is 10.0. The fourth-order valence-corrected chi connectivity index (χ4v) is 5.31. The molecule has 0 aliphatic heterocycles. The van der Waals surface area contributed by atoms with Gasteiger partial charge in [-0.05, 0) is 48.3 Å². The summed E-state index contributed by atoms with van der Waals surface area (Å²) in [4.78, 5) is 4.67. The van der Waals surface area contributed by atoms with Crippen LogP contribution in [0.5, 0.6) is 5.75 Å². The monoisotopic (exact) mass is 381 g/mol. The summed E-state index contributed by atoms with van der Waals surface area (Å²) in [7, 11) is 0. The van der Waals surface area contributed by atoms with Crippen LogP contribution in [0.3, 0.4) is 0 Å². The second-order valence-corrected chi connectivity index (χ2v) is 8.38. The molecule has 0 bridgehead atoms. The zero-order valence-electron chi connectivity index (χ0n) is 13.6. The molecule has 124 valence electrons. The Bertz CT molecular complexity index is 1040. The number of thioether (sulfide) groups is 1. The van der Waals surface area contributed by atoms with Gasteiger partial charge in [-0.1, -0.05) is 48.6 Å². The number of hydrogen-bond donors (Lipinski definition) is 0. The largest absolute Gasteiger partial charge is 0.493 e. The third-order valence-corrected chi connectivity index (χ3v) is 6.33. The van der Waals surface area contributed by atoms with Crippen LogP contribution in [0.2, 0.25) is 0 Å². The molecule has 4 rings (SSSR count). The van der Waals surface area contributed by atoms with Gasteiger partial charge in [0.15, 0.2) is 4.34 Å². The predicted octanol–water partition coefficient (Wildman–Crippen LogP) is 6.32. The Morgan fingerprint density at radius 1 is 1.04 bits per heavy atom. The van der Waals surface area contributed by atoms with Crippen LogP contribution >= 0.6 is 35.3 Å². The third-order valence-electron chi connectivity index (χ3n) is 3.86. The molecule has 0 aliphatic carbocycles. The van der Waals surface area contributed by atoms with Gasteiger partial charge < -0.3 is 4.74 Å². The van der Waals surface area contributed by atoms with Gasteiger partial charge in [0, 0.05) is 10.9 Å². The van der Waals surface area contributed by atoms with Gasteiger partial charge in [-0.2, -0.15) is 0 Å². The normalized spacial score (nSPS) is 11.1. The lowest BCUT2D eigenvalue weighted by molar-refractivity contribution is 0.344. The average Bonchev–Trinajstić information content (AvgIpc) is 3.04. The molecule has 0 fully saturated rings. The first-order valence-corrected chi connectivity index (χ1v) is 10.0. The molecule has 1 aromatic heterocycles. The predicted molar refractivity (Wildman–Crippen MR) is 112 cm³/mol. The minimum absolute atomic E-state index is 0.647. The summed E-state index contributed by atoms with van der Waals surface area (Å²) in [6.45, 7) is 2.64. The van der Waals surface area contributed by atoms with Crippen molar-refractivity contribution in [2.75, 3.05) is 6.61 Å². The lowest BCUT2D eigenvalue weighted by Crippen LogP contribution is -1.97. The van der Waals surface area contributed by atoms with Gasteiger partial charge in [-0.3, -0.25) is 0 Å². The van der Waals surface area contributed by atoms with E-state index in [4.69, 9.17) is 17.0 Å². The van der Waals surface area contributed by atoms with Gasteiger partial charge in [-0.15, -0.1) is 11.3 Å². The van der Waals surface area contributed by atoms with Gasteiger partial charge >= 0.3 is 0 Å². The van der Waals surface area contributed by atoms with E-state index in [0.717, 1.165) is 36.1 Å². The van der Waals surface area contributed by atoms with Crippen molar-refractivity contribution in [1.29, 1.82) is 0 Å². The molecular weight excluding hydrogens is 366 g/mol. The van der Waals surface area contributed by atoms with Gasteiger partial charge in [-0.25, -0.2) is 4.98 Å². The SMILES string of the molecule is CCOc1ccc(C(=S)Sc2nc3ccccc3s2)c2ccccc12. The summed E-state index contributed by atoms with van der Waals surface area (Å²) in [6, 6.07) is 20.5. The van der Waals surface area contributed by atoms with Crippen LogP contribution in [0.1, 0.15) is 12.5 Å². The first-order valence-electron chi connectivity index (χ1n) is 7.98. The zero-order valence-corrected chi connectivity index (χ0v) is 16.0. The summed E-state index contributed by atoms with van der Waals surface area (Å²) >= 11 is 8.96. The van der Waals surface area contributed by atoms with Crippen LogP contribution < -0.4 is 4.74 Å². The molecule has 0 atom stereocenters. The summed E-state index contributed by atoms with van der Waals surface area (Å²) in [5.74, 6) is 0.898. The highest BCUT2D eigenvalue weighted by atomic mass is 32.2. The second kappa shape index (κ2) is 7.12. The number of rotatable bonds is 4. The highest BCUT2D eigenvalue weighted by molar-refractivity contribution is 8.24. The lowest BCUT2D eigenvalue weighted by Gasteiger charge is -2.11. The summed E-state index contributed by atoms with van der Waals surface area (Å²) < 4.78 is 8.74. The van der Waals surface area contributed by atoms with Crippen molar-refractivity contribution in [1.82, 2.24) is 4.98 Å². The summed E-state index contributed by atoms with van der Waals surface area (Å²) in [5, 5.41) is 2.21. The molecule has 4 aromatic rings. The van der Waals surface area contributed by atoms with Crippen LogP contribution in [0.4, 0.5) is 0 Å². The quantitative estimate of drug-likeness (QED) is 0.305. The molecular formula is C20H15NOS3.